The van der Waals surface area contributed by atoms with Gasteiger partial charge >= 0.3 is 0 Å². The van der Waals surface area contributed by atoms with Crippen molar-refractivity contribution in [2.45, 2.75) is 18.4 Å². The summed E-state index contributed by atoms with van der Waals surface area (Å²) in [6, 6.07) is 11.1. The minimum Gasteiger partial charge on any atom is -0.377 e. The number of halogens is 2. The van der Waals surface area contributed by atoms with E-state index in [0.717, 1.165) is 24.1 Å². The number of rotatable bonds is 4. The monoisotopic (exact) mass is 290 g/mol. The predicted octanol–water partition coefficient (Wildman–Crippen LogP) is 3.84. The lowest BCUT2D eigenvalue weighted by Gasteiger charge is -2.08. The molecule has 1 N–H and O–H groups in total. The quantitative estimate of drug-likeness (QED) is 0.687. The SMILES string of the molecule is O=[N+]([O-])c1cc(F)c(NC2CC2c2ccccc2)c(F)c1. The van der Waals surface area contributed by atoms with Gasteiger partial charge in [-0.15, -0.1) is 0 Å². The largest absolute Gasteiger partial charge is 0.377 e. The summed E-state index contributed by atoms with van der Waals surface area (Å²) in [6.45, 7) is 0. The maximum absolute atomic E-state index is 13.8. The molecule has 0 spiro atoms. The lowest BCUT2D eigenvalue weighted by atomic mass is 10.1. The molecule has 1 fully saturated rings. The van der Waals surface area contributed by atoms with Crippen molar-refractivity contribution in [2.24, 2.45) is 0 Å². The summed E-state index contributed by atoms with van der Waals surface area (Å²) in [4.78, 5) is 9.72. The van der Waals surface area contributed by atoms with Gasteiger partial charge in [0.25, 0.3) is 5.69 Å². The average Bonchev–Trinajstić information content (AvgIpc) is 3.23. The number of non-ortho nitro benzene ring substituents is 1. The molecule has 108 valence electrons. The molecular formula is C15H12F2N2O2. The number of anilines is 1. The summed E-state index contributed by atoms with van der Waals surface area (Å²) >= 11 is 0. The smallest absolute Gasteiger partial charge is 0.275 e. The third kappa shape index (κ3) is 2.69. The Hall–Kier alpha value is -2.50. The molecule has 2 unspecified atom stereocenters. The van der Waals surface area contributed by atoms with Crippen LogP contribution in [0.5, 0.6) is 0 Å². The van der Waals surface area contributed by atoms with E-state index in [0.29, 0.717) is 0 Å². The van der Waals surface area contributed by atoms with Crippen LogP contribution in [0.4, 0.5) is 20.2 Å². The van der Waals surface area contributed by atoms with Gasteiger partial charge in [0.2, 0.25) is 0 Å². The summed E-state index contributed by atoms with van der Waals surface area (Å²) < 4.78 is 27.6. The molecule has 0 saturated heterocycles. The second-order valence-corrected chi connectivity index (χ2v) is 5.05. The van der Waals surface area contributed by atoms with Gasteiger partial charge in [-0.05, 0) is 12.0 Å². The van der Waals surface area contributed by atoms with Crippen molar-refractivity contribution in [3.8, 4) is 0 Å². The molecule has 4 nitrogen and oxygen atoms in total. The second kappa shape index (κ2) is 5.12. The molecule has 0 aliphatic heterocycles. The predicted molar refractivity (Wildman–Crippen MR) is 74.2 cm³/mol. The molecule has 1 aliphatic rings. The van der Waals surface area contributed by atoms with Crippen LogP contribution in [0.25, 0.3) is 0 Å². The molecule has 2 aromatic carbocycles. The van der Waals surface area contributed by atoms with E-state index in [4.69, 9.17) is 0 Å². The topological polar surface area (TPSA) is 55.2 Å². The lowest BCUT2D eigenvalue weighted by molar-refractivity contribution is -0.385. The Morgan fingerprint density at radius 2 is 1.76 bits per heavy atom. The highest BCUT2D eigenvalue weighted by molar-refractivity contribution is 5.54. The first-order chi connectivity index (χ1) is 10.1. The molecule has 2 aromatic rings. The Morgan fingerprint density at radius 1 is 1.14 bits per heavy atom. The van der Waals surface area contributed by atoms with Crippen molar-refractivity contribution in [1.29, 1.82) is 0 Å². The van der Waals surface area contributed by atoms with Crippen LogP contribution in [-0.4, -0.2) is 11.0 Å². The first kappa shape index (κ1) is 13.5. The van der Waals surface area contributed by atoms with E-state index in [1.54, 1.807) is 0 Å². The van der Waals surface area contributed by atoms with Gasteiger partial charge in [-0.25, -0.2) is 8.78 Å². The van der Waals surface area contributed by atoms with E-state index >= 15 is 0 Å². The summed E-state index contributed by atoms with van der Waals surface area (Å²) in [5.41, 5.74) is 0.215. The van der Waals surface area contributed by atoms with Gasteiger partial charge in [-0.1, -0.05) is 30.3 Å². The fraction of sp³-hybridized carbons (Fsp3) is 0.200. The van der Waals surface area contributed by atoms with Crippen LogP contribution in [0.15, 0.2) is 42.5 Å². The third-order valence-electron chi connectivity index (χ3n) is 3.59. The number of hydrogen-bond donors (Lipinski definition) is 1. The first-order valence-corrected chi connectivity index (χ1v) is 6.51. The number of nitro groups is 1. The minimum atomic E-state index is -0.944. The van der Waals surface area contributed by atoms with Gasteiger partial charge in [0, 0.05) is 12.0 Å². The zero-order valence-corrected chi connectivity index (χ0v) is 10.9. The molecule has 0 amide bonds. The van der Waals surface area contributed by atoms with Crippen LogP contribution in [0, 0.1) is 21.7 Å². The molecule has 1 aliphatic carbocycles. The summed E-state index contributed by atoms with van der Waals surface area (Å²) in [6.07, 6.45) is 0.778. The van der Waals surface area contributed by atoms with Gasteiger partial charge in [0.15, 0.2) is 11.6 Å². The Bertz CT molecular complexity index is 668. The highest BCUT2D eigenvalue weighted by atomic mass is 19.1. The normalized spacial score (nSPS) is 20.1. The van der Waals surface area contributed by atoms with E-state index < -0.39 is 22.2 Å². The summed E-state index contributed by atoms with van der Waals surface area (Å²) in [7, 11) is 0. The fourth-order valence-corrected chi connectivity index (χ4v) is 2.41. The van der Waals surface area contributed by atoms with Gasteiger partial charge in [0.1, 0.15) is 5.69 Å². The second-order valence-electron chi connectivity index (χ2n) is 5.05. The van der Waals surface area contributed by atoms with Crippen LogP contribution < -0.4 is 5.32 Å². The Labute approximate surface area is 119 Å². The van der Waals surface area contributed by atoms with Crippen LogP contribution >= 0.6 is 0 Å². The van der Waals surface area contributed by atoms with Crippen molar-refractivity contribution in [3.05, 3.63) is 69.8 Å². The van der Waals surface area contributed by atoms with Gasteiger partial charge in [-0.3, -0.25) is 10.1 Å². The van der Waals surface area contributed by atoms with Crippen LogP contribution in [-0.2, 0) is 0 Å². The van der Waals surface area contributed by atoms with Crippen LogP contribution in [0.3, 0.4) is 0 Å². The van der Waals surface area contributed by atoms with E-state index in [-0.39, 0.29) is 17.6 Å². The van der Waals surface area contributed by atoms with E-state index in [1.807, 2.05) is 30.3 Å². The zero-order valence-electron chi connectivity index (χ0n) is 10.9. The van der Waals surface area contributed by atoms with Crippen molar-refractivity contribution in [2.75, 3.05) is 5.32 Å². The molecule has 0 radical (unpaired) electrons. The maximum atomic E-state index is 13.8. The van der Waals surface area contributed by atoms with E-state index in [9.17, 15) is 18.9 Å². The Balaban J connectivity index is 1.77. The zero-order chi connectivity index (χ0) is 15.0. The Morgan fingerprint density at radius 3 is 2.33 bits per heavy atom. The number of hydrogen-bond acceptors (Lipinski definition) is 3. The van der Waals surface area contributed by atoms with Gasteiger partial charge in [-0.2, -0.15) is 0 Å². The lowest BCUT2D eigenvalue weighted by Crippen LogP contribution is -2.08. The number of nitrogens with one attached hydrogen (secondary N) is 1. The molecule has 3 rings (SSSR count). The Kier molecular flexibility index (Phi) is 3.29. The van der Waals surface area contributed by atoms with Crippen LogP contribution in [0.2, 0.25) is 0 Å². The highest BCUT2D eigenvalue weighted by Crippen LogP contribution is 2.43. The fourth-order valence-electron chi connectivity index (χ4n) is 2.41. The van der Waals surface area contributed by atoms with Crippen molar-refractivity contribution >= 4 is 11.4 Å². The van der Waals surface area contributed by atoms with E-state index in [2.05, 4.69) is 5.32 Å². The van der Waals surface area contributed by atoms with Crippen molar-refractivity contribution in [3.63, 3.8) is 0 Å². The molecule has 0 bridgehead atoms. The molecule has 2 atom stereocenters. The summed E-state index contributed by atoms with van der Waals surface area (Å²) in [5.74, 6) is -1.68. The molecular weight excluding hydrogens is 278 g/mol. The number of nitrogens with zero attached hydrogens (tertiary/aromatic N) is 1. The van der Waals surface area contributed by atoms with Crippen molar-refractivity contribution < 1.29 is 13.7 Å². The minimum absolute atomic E-state index is 0.0575. The first-order valence-electron chi connectivity index (χ1n) is 6.51. The molecule has 0 aromatic heterocycles. The van der Waals surface area contributed by atoms with Crippen LogP contribution in [0.1, 0.15) is 17.9 Å². The molecule has 0 heterocycles. The molecule has 1 saturated carbocycles. The number of nitro benzene ring substituents is 1. The third-order valence-corrected chi connectivity index (χ3v) is 3.59. The van der Waals surface area contributed by atoms with E-state index in [1.165, 1.54) is 0 Å². The van der Waals surface area contributed by atoms with Crippen molar-refractivity contribution in [1.82, 2.24) is 0 Å². The van der Waals surface area contributed by atoms with Gasteiger partial charge < -0.3 is 5.32 Å². The highest BCUT2D eigenvalue weighted by Gasteiger charge is 2.39. The summed E-state index contributed by atoms with van der Waals surface area (Å²) in [5, 5.41) is 13.3. The average molecular weight is 290 g/mol. The maximum Gasteiger partial charge on any atom is 0.275 e. The molecule has 21 heavy (non-hydrogen) atoms. The molecule has 6 heteroatoms. The number of benzene rings is 2. The van der Waals surface area contributed by atoms with Gasteiger partial charge in [0.05, 0.1) is 17.1 Å². The standard InChI is InChI=1S/C15H12F2N2O2/c16-12-6-10(19(20)21)7-13(17)15(12)18-14-8-11(14)9-4-2-1-3-5-9/h1-7,11,14,18H,8H2.